The molecule has 9 nitrogen and oxygen atoms in total. The largest absolute Gasteiger partial charge is 0.545 e. The van der Waals surface area contributed by atoms with Crippen LogP contribution in [-0.4, -0.2) is 82.3 Å². The third kappa shape index (κ3) is 74.7. The lowest BCUT2D eigenvalue weighted by Crippen LogP contribution is -2.44. The molecule has 0 aromatic heterocycles. The third-order valence-electron chi connectivity index (χ3n) is 16.4. The quantitative estimate of drug-likeness (QED) is 0.0195. The van der Waals surface area contributed by atoms with Crippen LogP contribution in [0.25, 0.3) is 0 Å². The Kier molecular flexibility index (Phi) is 69.6. The Morgan fingerprint density at radius 2 is 0.581 bits per heavy atom. The summed E-state index contributed by atoms with van der Waals surface area (Å²) in [5.41, 5.74) is 0. The number of ether oxygens (including phenoxy) is 4. The molecule has 93 heavy (non-hydrogen) atoms. The lowest BCUT2D eigenvalue weighted by molar-refractivity contribution is -0.870. The zero-order valence-electron chi connectivity index (χ0n) is 60.8. The molecule has 0 amide bonds. The second-order valence-electron chi connectivity index (χ2n) is 26.5. The molecule has 0 N–H and O–H groups in total. The first-order valence-corrected chi connectivity index (χ1v) is 38.3. The summed E-state index contributed by atoms with van der Waals surface area (Å²) in [6.07, 6.45) is 103. The van der Waals surface area contributed by atoms with Gasteiger partial charge in [0.15, 0.2) is 12.4 Å². The van der Waals surface area contributed by atoms with Gasteiger partial charge in [0.2, 0.25) is 0 Å². The fourth-order valence-electron chi connectivity index (χ4n) is 10.6. The van der Waals surface area contributed by atoms with Gasteiger partial charge in [-0.3, -0.25) is 9.59 Å². The molecule has 0 rings (SSSR count). The van der Waals surface area contributed by atoms with Gasteiger partial charge < -0.3 is 33.3 Å². The Balaban J connectivity index is 4.07. The van der Waals surface area contributed by atoms with Gasteiger partial charge in [-0.15, -0.1) is 0 Å². The van der Waals surface area contributed by atoms with Gasteiger partial charge in [0.1, 0.15) is 13.2 Å². The van der Waals surface area contributed by atoms with Crippen molar-refractivity contribution in [2.75, 3.05) is 47.5 Å². The van der Waals surface area contributed by atoms with Crippen molar-refractivity contribution >= 4 is 17.9 Å². The minimum absolute atomic E-state index is 0.144. The number of aliphatic carboxylic acids is 1. The fraction of sp³-hybridized carbons (Fsp3) is 0.702. The summed E-state index contributed by atoms with van der Waals surface area (Å²) in [4.78, 5) is 37.6. The minimum atomic E-state index is -1.63. The van der Waals surface area contributed by atoms with Crippen molar-refractivity contribution < 1.29 is 42.9 Å². The molecule has 0 radical (unpaired) electrons. The van der Waals surface area contributed by atoms with Crippen LogP contribution in [-0.2, 0) is 33.3 Å². The average Bonchev–Trinajstić information content (AvgIpc) is 3.74. The number of esters is 2. The van der Waals surface area contributed by atoms with Crippen molar-refractivity contribution in [2.45, 2.75) is 334 Å². The van der Waals surface area contributed by atoms with E-state index in [1.165, 1.54) is 180 Å². The first-order chi connectivity index (χ1) is 45.6. The molecule has 0 aromatic carbocycles. The molecule has 0 spiro atoms. The first-order valence-electron chi connectivity index (χ1n) is 38.3. The number of carbonyl (C=O) groups is 3. The molecule has 2 atom stereocenters. The van der Waals surface area contributed by atoms with Gasteiger partial charge in [-0.2, -0.15) is 0 Å². The highest BCUT2D eigenvalue weighted by molar-refractivity contribution is 5.70. The Bertz CT molecular complexity index is 2000. The van der Waals surface area contributed by atoms with Crippen LogP contribution in [0.5, 0.6) is 0 Å². The Labute approximate surface area is 573 Å². The maximum absolute atomic E-state index is 13.0. The highest BCUT2D eigenvalue weighted by Gasteiger charge is 2.22. The van der Waals surface area contributed by atoms with Crippen molar-refractivity contribution in [3.63, 3.8) is 0 Å². The van der Waals surface area contributed by atoms with Gasteiger partial charge in [-0.1, -0.05) is 334 Å². The summed E-state index contributed by atoms with van der Waals surface area (Å²) in [6, 6.07) is 0. The molecule has 0 aliphatic rings. The summed E-state index contributed by atoms with van der Waals surface area (Å²) in [5, 5.41) is 11.9. The fourth-order valence-corrected chi connectivity index (χ4v) is 10.6. The number of nitrogens with zero attached hydrogens (tertiary/aromatic N) is 1. The standard InChI is InChI=1S/C84H143NO8/c1-6-8-10-12-14-16-18-20-22-24-26-28-30-32-34-36-38-40-41-43-45-47-49-51-53-55-57-59-61-63-65-67-69-71-73-75-82(87)93-80(79-92-84(83(88)89)90-77-76-85(3,4)5)78-91-81(86)74-72-70-68-66-64-62-60-58-56-54-52-50-48-46-44-42-39-37-35-33-31-29-27-25-23-21-19-17-15-13-11-9-7-2/h8-11,14-17,20-23,26-29,32,34,38,40,43,45,80,84H,6-7,12-13,18-19,24-25,30-31,33,35-37,39,41-42,44,46-79H2,1-5H3/b10-8-,11-9-,16-14-,17-15-,22-20-,23-21-,28-26-,29-27-,34-32-,40-38-,45-43-. The van der Waals surface area contributed by atoms with Gasteiger partial charge in [0.05, 0.1) is 40.3 Å². The number of carboxylic acid groups (broad SMARTS) is 1. The van der Waals surface area contributed by atoms with Crippen molar-refractivity contribution in [3.8, 4) is 0 Å². The molecular weight excluding hydrogens is 1150 g/mol. The molecule has 0 aliphatic carbocycles. The highest BCUT2D eigenvalue weighted by Crippen LogP contribution is 2.18. The molecule has 0 aromatic rings. The predicted octanol–water partition coefficient (Wildman–Crippen LogP) is 23.1. The topological polar surface area (TPSA) is 111 Å². The van der Waals surface area contributed by atoms with E-state index in [1.54, 1.807) is 0 Å². The van der Waals surface area contributed by atoms with E-state index >= 15 is 0 Å². The van der Waals surface area contributed by atoms with Gasteiger partial charge >= 0.3 is 11.9 Å². The lowest BCUT2D eigenvalue weighted by atomic mass is 10.0. The van der Waals surface area contributed by atoms with E-state index in [9.17, 15) is 19.5 Å². The number of quaternary nitrogens is 1. The molecule has 0 saturated carbocycles. The van der Waals surface area contributed by atoms with E-state index in [4.69, 9.17) is 18.9 Å². The zero-order chi connectivity index (χ0) is 67.5. The minimum Gasteiger partial charge on any atom is -0.545 e. The number of likely N-dealkylation sites (N-methyl/N-ethyl adjacent to an activating group) is 1. The molecular formula is C84H143NO8. The van der Waals surface area contributed by atoms with E-state index in [2.05, 4.69) is 148 Å². The van der Waals surface area contributed by atoms with Crippen LogP contribution in [0.15, 0.2) is 134 Å². The number of hydrogen-bond acceptors (Lipinski definition) is 8. The smallest absolute Gasteiger partial charge is 0.306 e. The second-order valence-corrected chi connectivity index (χ2v) is 26.5. The SMILES string of the molecule is CC/C=C\C/C=C\C/C=C\C/C=C\C/C=C\C/C=C\C/C=C\CCCCCCCCCCCCCCCC(=O)OC(COC(=O)CCCCCCCCCCCCCCCCCCCCCC/C=C\C/C=C\C/C=C\C/C=C\CC)COC(OCC[N+](C)(C)C)C(=O)[O-]. The molecule has 9 heteroatoms. The monoisotopic (exact) mass is 1290 g/mol. The Morgan fingerprint density at radius 3 is 0.860 bits per heavy atom. The third-order valence-corrected chi connectivity index (χ3v) is 16.4. The number of rotatable bonds is 70. The zero-order valence-corrected chi connectivity index (χ0v) is 60.8. The number of allylic oxidation sites excluding steroid dienone is 22. The number of hydrogen-bond donors (Lipinski definition) is 0. The van der Waals surface area contributed by atoms with Gasteiger partial charge in [0.25, 0.3) is 0 Å². The van der Waals surface area contributed by atoms with Crippen LogP contribution in [0.2, 0.25) is 0 Å². The number of carboxylic acids is 1. The Hall–Kier alpha value is -4.57. The summed E-state index contributed by atoms with van der Waals surface area (Å²) < 4.78 is 22.9. The molecule has 0 aliphatic heterocycles. The number of carbonyl (C=O) groups excluding carboxylic acids is 3. The molecule has 2 unspecified atom stereocenters. The van der Waals surface area contributed by atoms with Crippen LogP contribution >= 0.6 is 0 Å². The molecule has 0 saturated heterocycles. The maximum Gasteiger partial charge on any atom is 0.306 e. The molecule has 0 bridgehead atoms. The average molecular weight is 1300 g/mol. The maximum atomic E-state index is 13.0. The van der Waals surface area contributed by atoms with Crippen LogP contribution < -0.4 is 5.11 Å². The van der Waals surface area contributed by atoms with E-state index in [-0.39, 0.29) is 38.6 Å². The molecule has 532 valence electrons. The molecule has 0 fully saturated rings. The summed E-state index contributed by atoms with van der Waals surface area (Å²) in [7, 11) is 5.94. The van der Waals surface area contributed by atoms with Gasteiger partial charge in [-0.05, 0) is 109 Å². The lowest BCUT2D eigenvalue weighted by Gasteiger charge is -2.26. The van der Waals surface area contributed by atoms with Crippen LogP contribution in [0.1, 0.15) is 322 Å². The number of unbranched alkanes of at least 4 members (excludes halogenated alkanes) is 33. The summed E-state index contributed by atoms with van der Waals surface area (Å²) in [6.45, 7) is 4.55. The molecule has 0 heterocycles. The summed E-state index contributed by atoms with van der Waals surface area (Å²) in [5.74, 6) is -2.28. The first kappa shape index (κ1) is 88.4. The van der Waals surface area contributed by atoms with Crippen molar-refractivity contribution in [2.24, 2.45) is 0 Å². The predicted molar refractivity (Wildman–Crippen MR) is 398 cm³/mol. The normalized spacial score (nSPS) is 13.4. The van der Waals surface area contributed by atoms with Gasteiger partial charge in [-0.25, -0.2) is 0 Å². The van der Waals surface area contributed by atoms with Crippen LogP contribution in [0, 0.1) is 0 Å². The Morgan fingerprint density at radius 1 is 0.323 bits per heavy atom. The van der Waals surface area contributed by atoms with E-state index < -0.39 is 24.3 Å². The van der Waals surface area contributed by atoms with E-state index in [0.717, 1.165) is 109 Å². The van der Waals surface area contributed by atoms with E-state index in [1.807, 2.05) is 21.1 Å². The van der Waals surface area contributed by atoms with Gasteiger partial charge in [0, 0.05) is 12.8 Å². The van der Waals surface area contributed by atoms with Crippen molar-refractivity contribution in [1.29, 1.82) is 0 Å². The van der Waals surface area contributed by atoms with Crippen molar-refractivity contribution in [3.05, 3.63) is 134 Å². The van der Waals surface area contributed by atoms with Crippen LogP contribution in [0.4, 0.5) is 0 Å². The highest BCUT2D eigenvalue weighted by atomic mass is 16.7. The van der Waals surface area contributed by atoms with E-state index in [0.29, 0.717) is 17.4 Å². The van der Waals surface area contributed by atoms with Crippen molar-refractivity contribution in [1.82, 2.24) is 0 Å². The summed E-state index contributed by atoms with van der Waals surface area (Å²) >= 11 is 0. The van der Waals surface area contributed by atoms with Crippen LogP contribution in [0.3, 0.4) is 0 Å². The second kappa shape index (κ2) is 73.2.